The molecule has 0 aliphatic carbocycles. The third kappa shape index (κ3) is 4.54. The van der Waals surface area contributed by atoms with Crippen LogP contribution in [-0.2, 0) is 17.6 Å². The predicted octanol–water partition coefficient (Wildman–Crippen LogP) is 5.52. The number of nitrogens with one attached hydrogen (secondary N) is 1. The number of halogens is 1. The summed E-state index contributed by atoms with van der Waals surface area (Å²) in [5.74, 6) is 0.656. The first-order valence-electron chi connectivity index (χ1n) is 8.59. The zero-order valence-corrected chi connectivity index (χ0v) is 17.7. The van der Waals surface area contributed by atoms with Crippen LogP contribution in [0.5, 0.6) is 0 Å². The fourth-order valence-corrected chi connectivity index (χ4v) is 4.27. The summed E-state index contributed by atoms with van der Waals surface area (Å²) in [5.41, 5.74) is 4.70. The van der Waals surface area contributed by atoms with E-state index in [9.17, 15) is 4.79 Å². The molecular weight excluding hydrogens is 426 g/mol. The van der Waals surface area contributed by atoms with Crippen LogP contribution in [0.3, 0.4) is 0 Å². The van der Waals surface area contributed by atoms with E-state index in [1.807, 2.05) is 44.2 Å². The van der Waals surface area contributed by atoms with E-state index in [0.29, 0.717) is 5.82 Å². The summed E-state index contributed by atoms with van der Waals surface area (Å²) in [6.07, 6.45) is 0.837. The van der Waals surface area contributed by atoms with E-state index >= 15 is 0 Å². The van der Waals surface area contributed by atoms with Gasteiger partial charge in [0.05, 0.1) is 15.1 Å². The Bertz CT molecular complexity index is 1000. The molecule has 2 heterocycles. The van der Waals surface area contributed by atoms with Gasteiger partial charge in [-0.25, -0.2) is 9.97 Å². The third-order valence-electron chi connectivity index (χ3n) is 4.26. The second-order valence-corrected chi connectivity index (χ2v) is 8.72. The highest BCUT2D eigenvalue weighted by Crippen LogP contribution is 2.32. The molecule has 27 heavy (non-hydrogen) atoms. The number of rotatable bonds is 6. The Balaban J connectivity index is 1.98. The first-order chi connectivity index (χ1) is 12.9. The molecule has 0 spiro atoms. The van der Waals surface area contributed by atoms with Crippen molar-refractivity contribution in [2.24, 2.45) is 0 Å². The maximum atomic E-state index is 10.9. The van der Waals surface area contributed by atoms with E-state index < -0.39 is 5.97 Å². The van der Waals surface area contributed by atoms with Crippen molar-refractivity contribution >= 4 is 44.7 Å². The maximum absolute atomic E-state index is 10.9. The number of hydrogen-bond acceptors (Lipinski definition) is 5. The summed E-state index contributed by atoms with van der Waals surface area (Å²) in [7, 11) is 0. The van der Waals surface area contributed by atoms with E-state index in [-0.39, 0.29) is 6.42 Å². The first-order valence-corrected chi connectivity index (χ1v) is 10.2. The summed E-state index contributed by atoms with van der Waals surface area (Å²) in [4.78, 5) is 21.4. The molecule has 3 rings (SSSR count). The Hall–Kier alpha value is -2.25. The molecule has 2 N–H and O–H groups in total. The summed E-state index contributed by atoms with van der Waals surface area (Å²) in [6.45, 7) is 6.05. The molecule has 7 heteroatoms. The number of carbonyl (C=O) groups is 1. The molecule has 0 aliphatic rings. The van der Waals surface area contributed by atoms with Crippen LogP contribution < -0.4 is 5.32 Å². The number of carboxylic acids is 1. The van der Waals surface area contributed by atoms with Crippen molar-refractivity contribution in [3.05, 3.63) is 56.5 Å². The minimum absolute atomic E-state index is 0.0192. The molecule has 0 saturated heterocycles. The Labute approximate surface area is 170 Å². The van der Waals surface area contributed by atoms with Crippen LogP contribution in [0.2, 0.25) is 0 Å². The second-order valence-electron chi connectivity index (χ2n) is 6.26. The average molecular weight is 446 g/mol. The molecular formula is C20H20BrN3O2S. The highest BCUT2D eigenvalue weighted by molar-refractivity contribution is 9.11. The number of aryl methyl sites for hydroxylation is 2. The van der Waals surface area contributed by atoms with Crippen molar-refractivity contribution in [1.29, 1.82) is 0 Å². The summed E-state index contributed by atoms with van der Waals surface area (Å²) in [5, 5.41) is 12.4. The molecule has 0 saturated carbocycles. The van der Waals surface area contributed by atoms with E-state index in [1.54, 1.807) is 11.3 Å². The molecule has 3 aromatic rings. The average Bonchev–Trinajstić information content (AvgIpc) is 3.03. The summed E-state index contributed by atoms with van der Waals surface area (Å²) in [6, 6.07) is 9.63. The lowest BCUT2D eigenvalue weighted by molar-refractivity contribution is -0.136. The van der Waals surface area contributed by atoms with Crippen molar-refractivity contribution in [3.63, 3.8) is 0 Å². The quantitative estimate of drug-likeness (QED) is 0.522. The molecule has 0 bridgehead atoms. The van der Waals surface area contributed by atoms with Gasteiger partial charge in [-0.2, -0.15) is 0 Å². The van der Waals surface area contributed by atoms with Crippen LogP contribution in [0.4, 0.5) is 11.5 Å². The molecule has 0 amide bonds. The molecule has 0 radical (unpaired) electrons. The highest BCUT2D eigenvalue weighted by Gasteiger charge is 2.14. The topological polar surface area (TPSA) is 75.1 Å². The van der Waals surface area contributed by atoms with Crippen LogP contribution >= 0.6 is 27.3 Å². The van der Waals surface area contributed by atoms with Crippen molar-refractivity contribution in [1.82, 2.24) is 9.97 Å². The van der Waals surface area contributed by atoms with E-state index in [1.165, 1.54) is 0 Å². The minimum atomic E-state index is -0.832. The highest BCUT2D eigenvalue weighted by atomic mass is 79.9. The Morgan fingerprint density at radius 1 is 1.22 bits per heavy atom. The zero-order valence-electron chi connectivity index (χ0n) is 15.3. The molecule has 0 aliphatic heterocycles. The van der Waals surface area contributed by atoms with Gasteiger partial charge >= 0.3 is 5.97 Å². The maximum Gasteiger partial charge on any atom is 0.307 e. The Kier molecular flexibility index (Phi) is 5.92. The van der Waals surface area contributed by atoms with Gasteiger partial charge in [0.25, 0.3) is 0 Å². The lowest BCUT2D eigenvalue weighted by Crippen LogP contribution is -2.06. The third-order valence-corrected chi connectivity index (χ3v) is 5.88. The van der Waals surface area contributed by atoms with Gasteiger partial charge in [0.1, 0.15) is 5.82 Å². The van der Waals surface area contributed by atoms with Gasteiger partial charge in [-0.15, -0.1) is 11.3 Å². The van der Waals surface area contributed by atoms with Crippen molar-refractivity contribution in [2.45, 2.75) is 33.6 Å². The van der Waals surface area contributed by atoms with E-state index in [2.05, 4.69) is 33.2 Å². The van der Waals surface area contributed by atoms with Crippen LogP contribution in [0, 0.1) is 13.8 Å². The lowest BCUT2D eigenvalue weighted by Gasteiger charge is -2.15. The molecule has 0 fully saturated rings. The van der Waals surface area contributed by atoms with Crippen molar-refractivity contribution in [3.8, 4) is 10.7 Å². The van der Waals surface area contributed by atoms with Gasteiger partial charge in [-0.3, -0.25) is 4.79 Å². The molecule has 1 aromatic carbocycles. The number of hydrogen-bond donors (Lipinski definition) is 2. The minimum Gasteiger partial charge on any atom is -0.481 e. The number of nitrogens with zero attached hydrogens (tertiary/aromatic N) is 2. The standard InChI is InChI=1S/C20H20BrN3O2S/c1-4-14-12(3)22-20(16-7-8-17(21)27-16)24-19(14)23-15-6-5-13(9-11(15)2)10-18(25)26/h5-9H,4,10H2,1-3H3,(H,25,26)(H,22,23,24). The number of carboxylic acid groups (broad SMARTS) is 1. The second kappa shape index (κ2) is 8.19. The van der Waals surface area contributed by atoms with Gasteiger partial charge in [0.2, 0.25) is 0 Å². The fraction of sp³-hybridized carbons (Fsp3) is 0.250. The van der Waals surface area contributed by atoms with Gasteiger partial charge in [0.15, 0.2) is 5.82 Å². The number of thiophene rings is 1. The molecule has 5 nitrogen and oxygen atoms in total. The van der Waals surface area contributed by atoms with Crippen LogP contribution in [0.25, 0.3) is 10.7 Å². The first kappa shape index (κ1) is 19.5. The predicted molar refractivity (Wildman–Crippen MR) is 113 cm³/mol. The monoisotopic (exact) mass is 445 g/mol. The zero-order chi connectivity index (χ0) is 19.6. The molecule has 0 atom stereocenters. The number of aliphatic carboxylic acids is 1. The number of aromatic nitrogens is 2. The molecule has 0 unspecified atom stereocenters. The smallest absolute Gasteiger partial charge is 0.307 e. The Morgan fingerprint density at radius 2 is 2.00 bits per heavy atom. The normalized spacial score (nSPS) is 10.8. The number of anilines is 2. The van der Waals surface area contributed by atoms with E-state index in [4.69, 9.17) is 10.1 Å². The SMILES string of the molecule is CCc1c(C)nc(-c2ccc(Br)s2)nc1Nc1ccc(CC(=O)O)cc1C. The van der Waals surface area contributed by atoms with Gasteiger partial charge in [-0.1, -0.05) is 19.1 Å². The Morgan fingerprint density at radius 3 is 2.59 bits per heavy atom. The van der Waals surface area contributed by atoms with Gasteiger partial charge < -0.3 is 10.4 Å². The van der Waals surface area contributed by atoms with Gasteiger partial charge in [-0.05, 0) is 65.5 Å². The van der Waals surface area contributed by atoms with Crippen molar-refractivity contribution < 1.29 is 9.90 Å². The van der Waals surface area contributed by atoms with Crippen LogP contribution in [-0.4, -0.2) is 21.0 Å². The largest absolute Gasteiger partial charge is 0.481 e. The lowest BCUT2D eigenvalue weighted by atomic mass is 10.1. The fourth-order valence-electron chi connectivity index (χ4n) is 2.95. The van der Waals surface area contributed by atoms with Gasteiger partial charge in [0, 0.05) is 16.9 Å². The molecule has 140 valence electrons. The van der Waals surface area contributed by atoms with Crippen LogP contribution in [0.15, 0.2) is 34.1 Å². The molecule has 2 aromatic heterocycles. The van der Waals surface area contributed by atoms with Crippen LogP contribution in [0.1, 0.15) is 29.3 Å². The van der Waals surface area contributed by atoms with E-state index in [0.717, 1.165) is 49.0 Å². The summed E-state index contributed by atoms with van der Waals surface area (Å²) < 4.78 is 1.04. The van der Waals surface area contributed by atoms with Crippen molar-refractivity contribution in [2.75, 3.05) is 5.32 Å². The summed E-state index contributed by atoms with van der Waals surface area (Å²) >= 11 is 5.08. The number of benzene rings is 1.